The Labute approximate surface area is 125 Å². The maximum absolute atomic E-state index is 12.2. The van der Waals surface area contributed by atoms with E-state index in [2.05, 4.69) is 5.32 Å². The molecule has 1 fully saturated rings. The van der Waals surface area contributed by atoms with Gasteiger partial charge in [-0.25, -0.2) is 8.42 Å². The van der Waals surface area contributed by atoms with Crippen molar-refractivity contribution in [3.05, 3.63) is 0 Å². The Morgan fingerprint density at radius 2 is 2.00 bits per heavy atom. The van der Waals surface area contributed by atoms with Crippen LogP contribution in [0.15, 0.2) is 0 Å². The second-order valence-corrected chi connectivity index (χ2v) is 7.98. The number of carbonyl (C=O) groups is 2. The number of ether oxygens (including phenoxy) is 1. The lowest BCUT2D eigenvalue weighted by Gasteiger charge is -2.17. The Morgan fingerprint density at radius 1 is 1.38 bits per heavy atom. The summed E-state index contributed by atoms with van der Waals surface area (Å²) >= 11 is 0. The molecular weight excluding hydrogens is 298 g/mol. The largest absolute Gasteiger partial charge is 0.481 e. The standard InChI is InChI=1S/C13H23NO6S/c1-10(12(17)14-6-3-7-20-2)21(18,19)9-13(4-5-13)8-11(15)16/h10H,3-9H2,1-2H3,(H,14,17)(H,15,16). The zero-order valence-corrected chi connectivity index (χ0v) is 13.2. The Bertz CT molecular complexity index is 483. The third-order valence-electron chi connectivity index (χ3n) is 3.72. The second-order valence-electron chi connectivity index (χ2n) is 5.66. The molecule has 0 saturated heterocycles. The van der Waals surface area contributed by atoms with E-state index in [4.69, 9.17) is 9.84 Å². The number of sulfone groups is 1. The van der Waals surface area contributed by atoms with Crippen LogP contribution in [0, 0.1) is 5.41 Å². The summed E-state index contributed by atoms with van der Waals surface area (Å²) in [5.74, 6) is -1.78. The van der Waals surface area contributed by atoms with E-state index in [0.29, 0.717) is 32.4 Å². The van der Waals surface area contributed by atoms with Crippen LogP contribution in [0.3, 0.4) is 0 Å². The minimum Gasteiger partial charge on any atom is -0.481 e. The number of carbonyl (C=O) groups excluding carboxylic acids is 1. The lowest BCUT2D eigenvalue weighted by molar-refractivity contribution is -0.138. The minimum absolute atomic E-state index is 0.158. The molecule has 1 saturated carbocycles. The lowest BCUT2D eigenvalue weighted by atomic mass is 10.1. The van der Waals surface area contributed by atoms with Gasteiger partial charge >= 0.3 is 5.97 Å². The van der Waals surface area contributed by atoms with Gasteiger partial charge in [-0.2, -0.15) is 0 Å². The van der Waals surface area contributed by atoms with Gasteiger partial charge in [0.25, 0.3) is 0 Å². The molecule has 0 aliphatic heterocycles. The summed E-state index contributed by atoms with van der Waals surface area (Å²) in [4.78, 5) is 22.6. The topological polar surface area (TPSA) is 110 Å². The molecule has 1 amide bonds. The number of methoxy groups -OCH3 is 1. The molecule has 0 aromatic heterocycles. The van der Waals surface area contributed by atoms with Crippen LogP contribution in [0.5, 0.6) is 0 Å². The summed E-state index contributed by atoms with van der Waals surface area (Å²) < 4.78 is 29.3. The first-order valence-corrected chi connectivity index (χ1v) is 8.64. The lowest BCUT2D eigenvalue weighted by Crippen LogP contribution is -2.41. The van der Waals surface area contributed by atoms with Crippen molar-refractivity contribution in [3.63, 3.8) is 0 Å². The van der Waals surface area contributed by atoms with E-state index in [0.717, 1.165) is 0 Å². The van der Waals surface area contributed by atoms with Crippen LogP contribution in [0.1, 0.15) is 32.6 Å². The molecule has 2 N–H and O–H groups in total. The highest BCUT2D eigenvalue weighted by atomic mass is 32.2. The molecule has 0 radical (unpaired) electrons. The molecule has 1 aliphatic carbocycles. The average Bonchev–Trinajstić information content (AvgIpc) is 3.10. The van der Waals surface area contributed by atoms with E-state index in [1.165, 1.54) is 6.92 Å². The number of nitrogens with one attached hydrogen (secondary N) is 1. The van der Waals surface area contributed by atoms with Gasteiger partial charge < -0.3 is 15.2 Å². The van der Waals surface area contributed by atoms with E-state index in [1.807, 2.05) is 0 Å². The van der Waals surface area contributed by atoms with Gasteiger partial charge in [-0.1, -0.05) is 0 Å². The van der Waals surface area contributed by atoms with Crippen LogP contribution in [-0.4, -0.2) is 56.7 Å². The monoisotopic (exact) mass is 321 g/mol. The van der Waals surface area contributed by atoms with Crippen LogP contribution >= 0.6 is 0 Å². The molecule has 0 bridgehead atoms. The normalized spacial score (nSPS) is 18.0. The number of aliphatic carboxylic acids is 1. The predicted molar refractivity (Wildman–Crippen MR) is 76.7 cm³/mol. The van der Waals surface area contributed by atoms with E-state index in [-0.39, 0.29) is 12.2 Å². The molecule has 1 atom stereocenters. The fourth-order valence-corrected chi connectivity index (χ4v) is 4.06. The predicted octanol–water partition coefficient (Wildman–Crippen LogP) is 0.197. The van der Waals surface area contributed by atoms with Crippen molar-refractivity contribution in [1.82, 2.24) is 5.32 Å². The SMILES string of the molecule is COCCCNC(=O)C(C)S(=O)(=O)CC1(CC(=O)O)CC1. The summed E-state index contributed by atoms with van der Waals surface area (Å²) in [7, 11) is -2.10. The van der Waals surface area contributed by atoms with E-state index in [1.54, 1.807) is 7.11 Å². The maximum atomic E-state index is 12.2. The molecule has 1 unspecified atom stereocenters. The molecule has 7 nitrogen and oxygen atoms in total. The molecule has 0 aromatic carbocycles. The van der Waals surface area contributed by atoms with E-state index in [9.17, 15) is 18.0 Å². The first kappa shape index (κ1) is 17.9. The van der Waals surface area contributed by atoms with Gasteiger partial charge in [0.15, 0.2) is 9.84 Å². The highest BCUT2D eigenvalue weighted by molar-refractivity contribution is 7.92. The smallest absolute Gasteiger partial charge is 0.303 e. The van der Waals surface area contributed by atoms with Crippen LogP contribution < -0.4 is 5.32 Å². The molecule has 0 aromatic rings. The van der Waals surface area contributed by atoms with Crippen molar-refractivity contribution in [2.45, 2.75) is 37.9 Å². The van der Waals surface area contributed by atoms with Gasteiger partial charge in [-0.05, 0) is 31.6 Å². The van der Waals surface area contributed by atoms with E-state index < -0.39 is 32.4 Å². The summed E-state index contributed by atoms with van der Waals surface area (Å²) in [5, 5.41) is 10.2. The van der Waals surface area contributed by atoms with Crippen molar-refractivity contribution in [3.8, 4) is 0 Å². The van der Waals surface area contributed by atoms with Gasteiger partial charge in [0.05, 0.1) is 12.2 Å². The summed E-state index contributed by atoms with van der Waals surface area (Å²) in [6, 6.07) is 0. The van der Waals surface area contributed by atoms with Crippen LogP contribution in [-0.2, 0) is 24.2 Å². The number of carboxylic acid groups (broad SMARTS) is 1. The third-order valence-corrected chi connectivity index (χ3v) is 6.03. The zero-order valence-electron chi connectivity index (χ0n) is 12.4. The van der Waals surface area contributed by atoms with Crippen LogP contribution in [0.4, 0.5) is 0 Å². The van der Waals surface area contributed by atoms with Gasteiger partial charge in [-0.15, -0.1) is 0 Å². The zero-order chi connectivity index (χ0) is 16.1. The van der Waals surface area contributed by atoms with Gasteiger partial charge in [0.2, 0.25) is 5.91 Å². The quantitative estimate of drug-likeness (QED) is 0.556. The Morgan fingerprint density at radius 3 is 2.48 bits per heavy atom. The maximum Gasteiger partial charge on any atom is 0.303 e. The highest BCUT2D eigenvalue weighted by Gasteiger charge is 2.49. The van der Waals surface area contributed by atoms with Crippen molar-refractivity contribution < 1.29 is 27.9 Å². The molecule has 1 aliphatic rings. The third kappa shape index (κ3) is 5.62. The van der Waals surface area contributed by atoms with Crippen molar-refractivity contribution in [1.29, 1.82) is 0 Å². The number of rotatable bonds is 10. The number of carboxylic acids is 1. The molecule has 8 heteroatoms. The Kier molecular flexibility index (Phi) is 6.15. The first-order valence-electron chi connectivity index (χ1n) is 6.92. The Balaban J connectivity index is 2.53. The first-order chi connectivity index (χ1) is 9.72. The number of hydrogen-bond acceptors (Lipinski definition) is 5. The molecular formula is C13H23NO6S. The van der Waals surface area contributed by atoms with E-state index >= 15 is 0 Å². The van der Waals surface area contributed by atoms with Crippen molar-refractivity contribution >= 4 is 21.7 Å². The van der Waals surface area contributed by atoms with Gasteiger partial charge in [-0.3, -0.25) is 9.59 Å². The molecule has 1 rings (SSSR count). The van der Waals surface area contributed by atoms with Crippen LogP contribution in [0.25, 0.3) is 0 Å². The minimum atomic E-state index is -3.65. The van der Waals surface area contributed by atoms with Crippen molar-refractivity contribution in [2.24, 2.45) is 5.41 Å². The van der Waals surface area contributed by atoms with Gasteiger partial charge in [0.1, 0.15) is 5.25 Å². The van der Waals surface area contributed by atoms with Gasteiger partial charge in [0, 0.05) is 20.3 Å². The summed E-state index contributed by atoms with van der Waals surface area (Å²) in [5.41, 5.74) is -0.671. The van der Waals surface area contributed by atoms with Crippen molar-refractivity contribution in [2.75, 3.05) is 26.0 Å². The number of hydrogen-bond donors (Lipinski definition) is 2. The average molecular weight is 321 g/mol. The Hall–Kier alpha value is -1.15. The van der Waals surface area contributed by atoms with Crippen LogP contribution in [0.2, 0.25) is 0 Å². The molecule has 0 spiro atoms. The molecule has 122 valence electrons. The summed E-state index contributed by atoms with van der Waals surface area (Å²) in [6.07, 6.45) is 1.62. The summed E-state index contributed by atoms with van der Waals surface area (Å²) in [6.45, 7) is 2.19. The fourth-order valence-electron chi connectivity index (χ4n) is 2.16. The fraction of sp³-hybridized carbons (Fsp3) is 0.846. The highest BCUT2D eigenvalue weighted by Crippen LogP contribution is 2.50. The molecule has 21 heavy (non-hydrogen) atoms. The number of amides is 1. The second kappa shape index (κ2) is 7.22. The molecule has 0 heterocycles.